The third-order valence-corrected chi connectivity index (χ3v) is 3.35. The van der Waals surface area contributed by atoms with Gasteiger partial charge in [-0.2, -0.15) is 0 Å². The molecular weight excluding hydrogens is 298 g/mol. The number of furan rings is 1. The second-order valence-corrected chi connectivity index (χ2v) is 4.91. The minimum atomic E-state index is -1.15. The molecule has 0 aliphatic heterocycles. The van der Waals surface area contributed by atoms with Gasteiger partial charge in [0.1, 0.15) is 5.58 Å². The number of carboxylic acids is 1. The van der Waals surface area contributed by atoms with Gasteiger partial charge in [-0.25, -0.2) is 4.79 Å². The van der Waals surface area contributed by atoms with E-state index in [0.717, 1.165) is 5.39 Å². The zero-order chi connectivity index (χ0) is 15.6. The van der Waals surface area contributed by atoms with Crippen LogP contribution in [0.1, 0.15) is 16.1 Å². The maximum absolute atomic E-state index is 12.1. The van der Waals surface area contributed by atoms with Gasteiger partial charge in [-0.05, 0) is 25.1 Å². The number of carbonyl (C=O) groups excluding carboxylic acids is 1. The Morgan fingerprint density at radius 2 is 2.19 bits per heavy atom. The third kappa shape index (κ3) is 3.17. The van der Waals surface area contributed by atoms with Gasteiger partial charge in [0.2, 0.25) is 0 Å². The van der Waals surface area contributed by atoms with E-state index in [1.807, 2.05) is 0 Å². The molecule has 6 nitrogen and oxygen atoms in total. The van der Waals surface area contributed by atoms with Crippen LogP contribution in [0.25, 0.3) is 11.0 Å². The van der Waals surface area contributed by atoms with Crippen LogP contribution >= 0.6 is 11.6 Å². The molecule has 1 atom stereocenters. The molecule has 0 fully saturated rings. The molecule has 0 aliphatic rings. The van der Waals surface area contributed by atoms with Crippen molar-refractivity contribution in [2.45, 2.75) is 13.0 Å². The van der Waals surface area contributed by atoms with Crippen LogP contribution in [-0.2, 0) is 9.53 Å². The van der Waals surface area contributed by atoms with Crippen LogP contribution in [0, 0.1) is 6.92 Å². The van der Waals surface area contributed by atoms with Crippen molar-refractivity contribution in [3.05, 3.63) is 34.5 Å². The number of aryl methyl sites for hydroxylation is 1. The van der Waals surface area contributed by atoms with Crippen molar-refractivity contribution in [3.63, 3.8) is 0 Å². The Labute approximate surface area is 125 Å². The fraction of sp³-hybridized carbons (Fsp3) is 0.286. The second kappa shape index (κ2) is 6.15. The Kier molecular flexibility index (Phi) is 4.50. The first-order chi connectivity index (χ1) is 9.93. The highest BCUT2D eigenvalue weighted by Gasteiger charge is 2.21. The molecule has 1 aromatic heterocycles. The number of benzene rings is 1. The van der Waals surface area contributed by atoms with E-state index in [4.69, 9.17) is 25.9 Å². The van der Waals surface area contributed by atoms with Crippen molar-refractivity contribution >= 4 is 34.4 Å². The van der Waals surface area contributed by atoms with Crippen LogP contribution in [-0.4, -0.2) is 36.7 Å². The van der Waals surface area contributed by atoms with Crippen LogP contribution in [0.3, 0.4) is 0 Å². The largest absolute Gasteiger partial charge is 0.479 e. The number of hydrogen-bond acceptors (Lipinski definition) is 4. The summed E-state index contributed by atoms with van der Waals surface area (Å²) >= 11 is 5.91. The van der Waals surface area contributed by atoms with Crippen LogP contribution in [0.4, 0.5) is 0 Å². The number of carboxylic acid groups (broad SMARTS) is 1. The minimum absolute atomic E-state index is 0.132. The lowest BCUT2D eigenvalue weighted by Gasteiger charge is -2.10. The first kappa shape index (κ1) is 15.3. The first-order valence-electron chi connectivity index (χ1n) is 6.16. The number of carbonyl (C=O) groups is 2. The van der Waals surface area contributed by atoms with Crippen molar-refractivity contribution < 1.29 is 23.8 Å². The standard InChI is InChI=1S/C14H14ClNO5/c1-7-9-5-8(15)3-4-10(9)21-12(7)13(17)16-6-11(20-2)14(18)19/h3-5,11H,6H2,1-2H3,(H,16,17)(H,18,19). The van der Waals surface area contributed by atoms with Crippen LogP contribution in [0.5, 0.6) is 0 Å². The maximum atomic E-state index is 12.1. The Balaban J connectivity index is 2.20. The van der Waals surface area contributed by atoms with Crippen molar-refractivity contribution in [1.82, 2.24) is 5.32 Å². The summed E-state index contributed by atoms with van der Waals surface area (Å²) in [5.74, 6) is -1.51. The summed E-state index contributed by atoms with van der Waals surface area (Å²) in [6, 6.07) is 5.05. The van der Waals surface area contributed by atoms with Crippen molar-refractivity contribution in [1.29, 1.82) is 0 Å². The molecule has 7 heteroatoms. The molecular formula is C14H14ClNO5. The van der Waals surface area contributed by atoms with Gasteiger partial charge in [0.05, 0.1) is 6.54 Å². The highest BCUT2D eigenvalue weighted by molar-refractivity contribution is 6.31. The lowest BCUT2D eigenvalue weighted by Crippen LogP contribution is -2.37. The molecule has 2 rings (SSSR count). The topological polar surface area (TPSA) is 88.8 Å². The third-order valence-electron chi connectivity index (χ3n) is 3.11. The fourth-order valence-corrected chi connectivity index (χ4v) is 2.12. The van der Waals surface area contributed by atoms with E-state index in [1.54, 1.807) is 25.1 Å². The van der Waals surface area contributed by atoms with Gasteiger partial charge in [0, 0.05) is 23.1 Å². The van der Waals surface area contributed by atoms with Gasteiger partial charge in [-0.1, -0.05) is 11.6 Å². The average molecular weight is 312 g/mol. The predicted octanol–water partition coefficient (Wildman–Crippen LogP) is 2.22. The number of nitrogens with one attached hydrogen (secondary N) is 1. The number of rotatable bonds is 5. The average Bonchev–Trinajstić information content (AvgIpc) is 2.76. The number of hydrogen-bond donors (Lipinski definition) is 2. The Morgan fingerprint density at radius 1 is 1.48 bits per heavy atom. The van der Waals surface area contributed by atoms with Crippen LogP contribution < -0.4 is 5.32 Å². The molecule has 2 N–H and O–H groups in total. The maximum Gasteiger partial charge on any atom is 0.334 e. The van der Waals surface area contributed by atoms with Crippen molar-refractivity contribution in [2.24, 2.45) is 0 Å². The number of methoxy groups -OCH3 is 1. The predicted molar refractivity (Wildman–Crippen MR) is 76.7 cm³/mol. The van der Waals surface area contributed by atoms with E-state index in [0.29, 0.717) is 16.2 Å². The molecule has 21 heavy (non-hydrogen) atoms. The zero-order valence-electron chi connectivity index (χ0n) is 11.5. The summed E-state index contributed by atoms with van der Waals surface area (Å²) in [5.41, 5.74) is 1.19. The molecule has 0 saturated heterocycles. The van der Waals surface area contributed by atoms with Gasteiger partial charge in [-0.3, -0.25) is 4.79 Å². The van der Waals surface area contributed by atoms with Crippen LogP contribution in [0.2, 0.25) is 5.02 Å². The van der Waals surface area contributed by atoms with Gasteiger partial charge < -0.3 is 19.6 Å². The number of amides is 1. The summed E-state index contributed by atoms with van der Waals surface area (Å²) in [6.07, 6.45) is -1.10. The molecule has 1 heterocycles. The molecule has 0 aliphatic carbocycles. The Morgan fingerprint density at radius 3 is 2.81 bits per heavy atom. The van der Waals surface area contributed by atoms with Crippen LogP contribution in [0.15, 0.2) is 22.6 Å². The highest BCUT2D eigenvalue weighted by Crippen LogP contribution is 2.27. The smallest absolute Gasteiger partial charge is 0.334 e. The number of fused-ring (bicyclic) bond motifs is 1. The highest BCUT2D eigenvalue weighted by atomic mass is 35.5. The molecule has 112 valence electrons. The molecule has 0 spiro atoms. The molecule has 1 amide bonds. The summed E-state index contributed by atoms with van der Waals surface area (Å²) in [4.78, 5) is 22.9. The van der Waals surface area contributed by atoms with E-state index < -0.39 is 18.0 Å². The monoisotopic (exact) mass is 311 g/mol. The van der Waals surface area contributed by atoms with E-state index in [-0.39, 0.29) is 12.3 Å². The second-order valence-electron chi connectivity index (χ2n) is 4.47. The quantitative estimate of drug-likeness (QED) is 0.884. The molecule has 1 aromatic carbocycles. The van der Waals surface area contributed by atoms with Gasteiger partial charge in [0.15, 0.2) is 11.9 Å². The van der Waals surface area contributed by atoms with E-state index in [9.17, 15) is 9.59 Å². The Hall–Kier alpha value is -2.05. The van der Waals surface area contributed by atoms with Gasteiger partial charge in [0.25, 0.3) is 5.91 Å². The summed E-state index contributed by atoms with van der Waals surface area (Å²) < 4.78 is 10.2. The molecule has 0 bridgehead atoms. The number of aliphatic carboxylic acids is 1. The molecule has 1 unspecified atom stereocenters. The summed E-state index contributed by atoms with van der Waals surface area (Å²) in [5, 5.41) is 12.6. The lowest BCUT2D eigenvalue weighted by molar-refractivity contribution is -0.148. The minimum Gasteiger partial charge on any atom is -0.479 e. The summed E-state index contributed by atoms with van der Waals surface area (Å²) in [6.45, 7) is 1.59. The lowest BCUT2D eigenvalue weighted by atomic mass is 10.1. The van der Waals surface area contributed by atoms with Gasteiger partial charge >= 0.3 is 5.97 Å². The van der Waals surface area contributed by atoms with E-state index in [1.165, 1.54) is 7.11 Å². The van der Waals surface area contributed by atoms with E-state index in [2.05, 4.69) is 5.32 Å². The number of halogens is 1. The first-order valence-corrected chi connectivity index (χ1v) is 6.54. The number of ether oxygens (including phenoxy) is 1. The van der Waals surface area contributed by atoms with Crippen molar-refractivity contribution in [2.75, 3.05) is 13.7 Å². The fourth-order valence-electron chi connectivity index (χ4n) is 1.95. The molecule has 2 aromatic rings. The summed E-state index contributed by atoms with van der Waals surface area (Å²) in [7, 11) is 1.26. The van der Waals surface area contributed by atoms with Crippen molar-refractivity contribution in [3.8, 4) is 0 Å². The molecule has 0 radical (unpaired) electrons. The molecule has 0 saturated carbocycles. The van der Waals surface area contributed by atoms with E-state index >= 15 is 0 Å². The SMILES string of the molecule is COC(CNC(=O)c1oc2ccc(Cl)cc2c1C)C(=O)O. The Bertz CT molecular complexity index is 694. The van der Waals surface area contributed by atoms with Gasteiger partial charge in [-0.15, -0.1) is 0 Å². The zero-order valence-corrected chi connectivity index (χ0v) is 12.2. The normalized spacial score (nSPS) is 12.3.